The molecule has 1 N–H and O–H groups in total. The van der Waals surface area contributed by atoms with Gasteiger partial charge in [-0.2, -0.15) is 0 Å². The zero-order chi connectivity index (χ0) is 31.2. The van der Waals surface area contributed by atoms with Gasteiger partial charge >= 0.3 is 0 Å². The monoisotopic (exact) mass is 728 g/mol. The molecule has 2 aliphatic carbocycles. The van der Waals surface area contributed by atoms with Gasteiger partial charge in [-0.05, 0) is 96.8 Å². The molecule has 11 heteroatoms. The molecular weight excluding hydrogens is 705 g/mol. The summed E-state index contributed by atoms with van der Waals surface area (Å²) in [4.78, 5) is 58.4. The minimum atomic E-state index is -1.50. The van der Waals surface area contributed by atoms with Gasteiger partial charge in [-0.1, -0.05) is 35.4 Å². The van der Waals surface area contributed by atoms with Gasteiger partial charge in [0.2, 0.25) is 23.6 Å². The Hall–Kier alpha value is -3.64. The van der Waals surface area contributed by atoms with Gasteiger partial charge in [0.15, 0.2) is 11.6 Å². The largest absolute Gasteiger partial charge is 0.505 e. The third kappa shape index (κ3) is 3.95. The number of nitrogens with zero attached hydrogens (tertiary/aromatic N) is 2. The molecule has 4 amide bonds. The van der Waals surface area contributed by atoms with Crippen LogP contribution in [0.2, 0.25) is 5.02 Å². The van der Waals surface area contributed by atoms with Crippen molar-refractivity contribution in [3.05, 3.63) is 98.1 Å². The van der Waals surface area contributed by atoms with Gasteiger partial charge in [-0.3, -0.25) is 24.1 Å². The molecule has 3 fully saturated rings. The highest BCUT2D eigenvalue weighted by molar-refractivity contribution is 14.1. The summed E-state index contributed by atoms with van der Waals surface area (Å²) in [6.07, 6.45) is 2.10. The normalized spacial score (nSPS) is 29.5. The summed E-state index contributed by atoms with van der Waals surface area (Å²) in [5, 5.41) is 10.7. The molecule has 3 aromatic carbocycles. The molecule has 44 heavy (non-hydrogen) atoms. The van der Waals surface area contributed by atoms with Crippen molar-refractivity contribution in [2.24, 2.45) is 29.1 Å². The van der Waals surface area contributed by atoms with Gasteiger partial charge in [0.1, 0.15) is 5.82 Å². The Balaban J connectivity index is 1.38. The Bertz CT molecular complexity index is 1830. The lowest BCUT2D eigenvalue weighted by Gasteiger charge is -2.49. The van der Waals surface area contributed by atoms with Crippen LogP contribution in [0.3, 0.4) is 0 Å². The molecule has 7 nitrogen and oxygen atoms in total. The zero-order valence-electron chi connectivity index (χ0n) is 23.1. The molecule has 2 aliphatic heterocycles. The van der Waals surface area contributed by atoms with Crippen molar-refractivity contribution in [1.82, 2.24) is 0 Å². The molecule has 1 saturated carbocycles. The average molecular weight is 729 g/mol. The number of carbonyl (C=O) groups is 4. The third-order valence-corrected chi connectivity index (χ3v) is 10.9. The van der Waals surface area contributed by atoms with Crippen LogP contribution in [0.5, 0.6) is 5.75 Å². The number of rotatable bonds is 3. The molecule has 0 unspecified atom stereocenters. The van der Waals surface area contributed by atoms with Gasteiger partial charge in [0.05, 0.1) is 39.6 Å². The van der Waals surface area contributed by atoms with Crippen molar-refractivity contribution >= 4 is 69.2 Å². The fourth-order valence-corrected chi connectivity index (χ4v) is 8.37. The fourth-order valence-electron chi connectivity index (χ4n) is 7.84. The number of hydrogen-bond donors (Lipinski definition) is 1. The number of fused-ring (bicyclic) bond motifs is 4. The summed E-state index contributed by atoms with van der Waals surface area (Å²) >= 11 is 8.15. The highest BCUT2D eigenvalue weighted by atomic mass is 127. The number of hydrogen-bond acceptors (Lipinski definition) is 5. The van der Waals surface area contributed by atoms with E-state index in [4.69, 9.17) is 11.6 Å². The van der Waals surface area contributed by atoms with E-state index in [0.29, 0.717) is 11.3 Å². The zero-order valence-corrected chi connectivity index (χ0v) is 26.1. The van der Waals surface area contributed by atoms with E-state index in [1.807, 2.05) is 6.08 Å². The van der Waals surface area contributed by atoms with E-state index in [-0.39, 0.29) is 35.0 Å². The number of para-hydroxylation sites is 1. The maximum absolute atomic E-state index is 14.8. The van der Waals surface area contributed by atoms with Crippen molar-refractivity contribution < 1.29 is 33.1 Å². The summed E-state index contributed by atoms with van der Waals surface area (Å²) in [6.45, 7) is 1.61. The highest BCUT2D eigenvalue weighted by Gasteiger charge is 2.68. The fraction of sp³-hybridized carbons (Fsp3) is 0.273. The first-order chi connectivity index (χ1) is 20.9. The number of benzene rings is 3. The predicted molar refractivity (Wildman–Crippen MR) is 166 cm³/mol. The topological polar surface area (TPSA) is 95.0 Å². The number of phenols is 1. The number of allylic oxidation sites excluding steroid dienone is 2. The van der Waals surface area contributed by atoms with Gasteiger partial charge in [0.25, 0.3) is 0 Å². The first kappa shape index (κ1) is 29.1. The number of carbonyl (C=O) groups excluding carboxylic acids is 4. The quantitative estimate of drug-likeness (QED) is 0.193. The number of imide groups is 2. The van der Waals surface area contributed by atoms with Crippen molar-refractivity contribution in [3.63, 3.8) is 0 Å². The van der Waals surface area contributed by atoms with E-state index in [2.05, 4.69) is 22.6 Å². The van der Waals surface area contributed by atoms with Gasteiger partial charge in [-0.25, -0.2) is 13.7 Å². The number of phenolic OH excluding ortho intramolecular Hbond substituents is 1. The Morgan fingerprint density at radius 3 is 2.30 bits per heavy atom. The van der Waals surface area contributed by atoms with Crippen molar-refractivity contribution in [1.29, 1.82) is 0 Å². The Morgan fingerprint density at radius 1 is 0.886 bits per heavy atom. The van der Waals surface area contributed by atoms with Crippen LogP contribution in [0.25, 0.3) is 0 Å². The van der Waals surface area contributed by atoms with Crippen LogP contribution in [0.1, 0.15) is 31.2 Å². The molecule has 4 aliphatic rings. The molecule has 0 bridgehead atoms. The van der Waals surface area contributed by atoms with Crippen molar-refractivity contribution in [3.8, 4) is 5.75 Å². The second-order valence-electron chi connectivity index (χ2n) is 11.9. The van der Waals surface area contributed by atoms with Crippen LogP contribution in [0, 0.1) is 44.3 Å². The van der Waals surface area contributed by atoms with Gasteiger partial charge in [0, 0.05) is 15.1 Å². The average Bonchev–Trinajstić information content (AvgIpc) is 3.36. The van der Waals surface area contributed by atoms with E-state index >= 15 is 0 Å². The maximum Gasteiger partial charge on any atom is 0.241 e. The van der Waals surface area contributed by atoms with Crippen LogP contribution in [-0.4, -0.2) is 28.7 Å². The molecule has 7 rings (SSSR count). The van der Waals surface area contributed by atoms with E-state index in [9.17, 15) is 33.1 Å². The lowest BCUT2D eigenvalue weighted by Crippen LogP contribution is -2.49. The van der Waals surface area contributed by atoms with Crippen LogP contribution < -0.4 is 9.80 Å². The molecule has 0 aromatic heterocycles. The molecular formula is C33H24ClF2IN2O5. The van der Waals surface area contributed by atoms with E-state index < -0.39 is 70.1 Å². The number of halogens is 4. The van der Waals surface area contributed by atoms with E-state index in [1.165, 1.54) is 29.2 Å². The van der Waals surface area contributed by atoms with Crippen LogP contribution in [0.15, 0.2) is 72.3 Å². The SMILES string of the molecule is C[C@@]12C(=O)N(c3ccc(F)c(Cl)c3)C(=O)[C@@H]1C[C@@H]1C(=CC[C@@H]3C(=O)N(c4ccc(I)cc4)C(=O)[C@@H]31)[C@@H]2c1cccc(F)c1O. The number of anilines is 2. The van der Waals surface area contributed by atoms with Crippen LogP contribution in [-0.2, 0) is 19.2 Å². The second kappa shape index (κ2) is 10.2. The summed E-state index contributed by atoms with van der Waals surface area (Å²) < 4.78 is 29.8. The van der Waals surface area contributed by atoms with Gasteiger partial charge < -0.3 is 5.11 Å². The molecule has 2 saturated heterocycles. The minimum absolute atomic E-state index is 0.0750. The van der Waals surface area contributed by atoms with E-state index in [1.54, 1.807) is 31.2 Å². The number of amides is 4. The van der Waals surface area contributed by atoms with Crippen LogP contribution in [0.4, 0.5) is 20.2 Å². The number of aromatic hydroxyl groups is 1. The standard InChI is InChI=1S/C33H24ClF2IN2O5/c1-33-22(30(42)39(32(33)44)17-9-12-24(35)23(34)13-17)14-21-18(27(33)20-3-2-4-25(36)28(20)40)10-11-19-26(21)31(43)38(29(19)41)16-7-5-15(37)6-8-16/h2-10,12-13,19,21-22,26-27,40H,11,14H2,1H3/t19-,21+,22-,26-,27+,33+/m0/s1. The smallest absolute Gasteiger partial charge is 0.241 e. The second-order valence-corrected chi connectivity index (χ2v) is 13.6. The molecule has 0 spiro atoms. The summed E-state index contributed by atoms with van der Waals surface area (Å²) in [5.74, 6) is -8.32. The molecule has 6 atom stereocenters. The molecule has 2 heterocycles. The third-order valence-electron chi connectivity index (χ3n) is 9.85. The maximum atomic E-state index is 14.8. The van der Waals surface area contributed by atoms with Gasteiger partial charge in [-0.15, -0.1) is 0 Å². The summed E-state index contributed by atoms with van der Waals surface area (Å²) in [7, 11) is 0. The summed E-state index contributed by atoms with van der Waals surface area (Å²) in [5.41, 5.74) is -0.256. The molecule has 0 radical (unpaired) electrons. The molecule has 3 aromatic rings. The first-order valence-electron chi connectivity index (χ1n) is 14.1. The Morgan fingerprint density at radius 2 is 1.59 bits per heavy atom. The minimum Gasteiger partial charge on any atom is -0.505 e. The Kier molecular flexibility index (Phi) is 6.74. The lowest BCUT2D eigenvalue weighted by molar-refractivity contribution is -0.131. The highest BCUT2D eigenvalue weighted by Crippen LogP contribution is 2.64. The van der Waals surface area contributed by atoms with E-state index in [0.717, 1.165) is 20.6 Å². The molecule has 224 valence electrons. The van der Waals surface area contributed by atoms with Crippen LogP contribution >= 0.6 is 34.2 Å². The lowest BCUT2D eigenvalue weighted by atomic mass is 9.51. The Labute approximate surface area is 269 Å². The van der Waals surface area contributed by atoms with Crippen molar-refractivity contribution in [2.75, 3.05) is 9.80 Å². The predicted octanol–water partition coefficient (Wildman–Crippen LogP) is 6.36. The first-order valence-corrected chi connectivity index (χ1v) is 15.5. The van der Waals surface area contributed by atoms with Crippen molar-refractivity contribution in [2.45, 2.75) is 25.7 Å². The summed E-state index contributed by atoms with van der Waals surface area (Å²) in [6, 6.07) is 14.6.